The highest BCUT2D eigenvalue weighted by molar-refractivity contribution is 8.01. The fourth-order valence-corrected chi connectivity index (χ4v) is 6.44. The first kappa shape index (κ1) is 20.8. The number of carbonyl (C=O) groups excluding carboxylic acids is 2. The molecule has 12 heteroatoms. The molecule has 156 valence electrons. The number of benzene rings is 1. The van der Waals surface area contributed by atoms with Crippen molar-refractivity contribution in [2.45, 2.75) is 22.7 Å². The molecule has 1 saturated heterocycles. The number of carboxylic acids is 1. The number of aromatic nitrogens is 2. The normalized spacial score (nSPS) is 20.6. The van der Waals surface area contributed by atoms with Gasteiger partial charge >= 0.3 is 5.97 Å². The second-order valence-electron chi connectivity index (χ2n) is 6.47. The van der Waals surface area contributed by atoms with Crippen molar-refractivity contribution in [3.05, 3.63) is 51.9 Å². The summed E-state index contributed by atoms with van der Waals surface area (Å²) in [5.41, 5.74) is 0.380. The van der Waals surface area contributed by atoms with Crippen LogP contribution in [0.4, 0.5) is 4.39 Å². The number of hydrogen-bond donors (Lipinski definition) is 2. The smallest absolute Gasteiger partial charge is 0.352 e. The topological polar surface area (TPSA) is 112 Å². The molecule has 1 fully saturated rings. The summed E-state index contributed by atoms with van der Waals surface area (Å²) in [7, 11) is 0. The van der Waals surface area contributed by atoms with Gasteiger partial charge in [0.2, 0.25) is 0 Å². The number of β-lactam (4-membered cyclic amide) rings is 1. The SMILES string of the molecule is Cc1nnc(SCC2=C(C(=O)O)N3C(=O)[C@@H](NC(=O)c4ccccc4F)[C@@H]3SC2)s1. The van der Waals surface area contributed by atoms with Gasteiger partial charge in [0.25, 0.3) is 11.8 Å². The molecule has 8 nitrogen and oxygen atoms in total. The van der Waals surface area contributed by atoms with Crippen LogP contribution in [0.25, 0.3) is 0 Å². The molecule has 30 heavy (non-hydrogen) atoms. The summed E-state index contributed by atoms with van der Waals surface area (Å²) in [6.45, 7) is 1.83. The average molecular weight is 467 g/mol. The number of rotatable bonds is 6. The molecule has 0 bridgehead atoms. The zero-order chi connectivity index (χ0) is 21.4. The van der Waals surface area contributed by atoms with Crippen LogP contribution in [-0.4, -0.2) is 60.9 Å². The minimum Gasteiger partial charge on any atom is -0.477 e. The van der Waals surface area contributed by atoms with E-state index in [4.69, 9.17) is 0 Å². The zero-order valence-corrected chi connectivity index (χ0v) is 17.9. The lowest BCUT2D eigenvalue weighted by Gasteiger charge is -2.49. The van der Waals surface area contributed by atoms with Crippen molar-refractivity contribution in [2.24, 2.45) is 0 Å². The molecule has 0 radical (unpaired) electrons. The minimum atomic E-state index is -1.20. The second kappa shape index (κ2) is 8.36. The molecular formula is C18H15FN4O4S3. The predicted octanol–water partition coefficient (Wildman–Crippen LogP) is 2.13. The summed E-state index contributed by atoms with van der Waals surface area (Å²) in [5.74, 6) is -2.35. The van der Waals surface area contributed by atoms with Gasteiger partial charge in [-0.05, 0) is 24.6 Å². The Kier molecular flexibility index (Phi) is 5.80. The Balaban J connectivity index is 1.49. The summed E-state index contributed by atoms with van der Waals surface area (Å²) in [6.07, 6.45) is 0. The van der Waals surface area contributed by atoms with Crippen LogP contribution in [-0.2, 0) is 9.59 Å². The molecule has 2 aliphatic rings. The standard InChI is InChI=1S/C18H15FN4O4S3/c1-8-21-22-18(30-8)29-7-9-6-28-16-12(15(25)23(16)13(9)17(26)27)20-14(24)10-4-2-3-5-11(10)19/h2-5,12,16H,6-7H2,1H3,(H,20,24)(H,26,27)/t12-,16+/m1/s1. The summed E-state index contributed by atoms with van der Waals surface area (Å²) < 4.78 is 14.6. The van der Waals surface area contributed by atoms with Gasteiger partial charge in [0.1, 0.15) is 27.9 Å². The van der Waals surface area contributed by atoms with E-state index in [1.807, 2.05) is 6.92 Å². The number of aliphatic carboxylic acids is 1. The van der Waals surface area contributed by atoms with Crippen molar-refractivity contribution in [1.82, 2.24) is 20.4 Å². The maximum absolute atomic E-state index is 13.8. The number of nitrogens with one attached hydrogen (secondary N) is 1. The first-order chi connectivity index (χ1) is 14.4. The largest absolute Gasteiger partial charge is 0.477 e. The van der Waals surface area contributed by atoms with E-state index < -0.39 is 35.0 Å². The van der Waals surface area contributed by atoms with Gasteiger partial charge in [-0.25, -0.2) is 9.18 Å². The maximum atomic E-state index is 13.8. The van der Waals surface area contributed by atoms with Gasteiger partial charge < -0.3 is 10.4 Å². The number of hydrogen-bond acceptors (Lipinski definition) is 8. The number of fused-ring (bicyclic) bond motifs is 1. The van der Waals surface area contributed by atoms with Crippen molar-refractivity contribution in [3.8, 4) is 0 Å². The van der Waals surface area contributed by atoms with Gasteiger partial charge in [0.15, 0.2) is 4.34 Å². The van der Waals surface area contributed by atoms with Crippen molar-refractivity contribution in [3.63, 3.8) is 0 Å². The molecule has 2 amide bonds. The molecule has 0 spiro atoms. The Bertz CT molecular complexity index is 1070. The summed E-state index contributed by atoms with van der Waals surface area (Å²) in [4.78, 5) is 38.1. The molecule has 2 aliphatic heterocycles. The van der Waals surface area contributed by atoms with E-state index in [9.17, 15) is 23.9 Å². The van der Waals surface area contributed by atoms with Crippen LogP contribution in [0, 0.1) is 12.7 Å². The third-order valence-corrected chi connectivity index (χ3v) is 7.93. The van der Waals surface area contributed by atoms with Gasteiger partial charge in [-0.2, -0.15) is 0 Å². The van der Waals surface area contributed by atoms with E-state index in [0.29, 0.717) is 17.1 Å². The predicted molar refractivity (Wildman–Crippen MR) is 111 cm³/mol. The van der Waals surface area contributed by atoms with E-state index in [1.54, 1.807) is 0 Å². The monoisotopic (exact) mass is 466 g/mol. The first-order valence-electron chi connectivity index (χ1n) is 8.75. The average Bonchev–Trinajstić information content (AvgIpc) is 3.14. The quantitative estimate of drug-likeness (QED) is 0.492. The Labute approximate surface area is 182 Å². The highest BCUT2D eigenvalue weighted by Crippen LogP contribution is 2.41. The molecule has 0 aliphatic carbocycles. The van der Waals surface area contributed by atoms with E-state index in [1.165, 1.54) is 58.0 Å². The third-order valence-electron chi connectivity index (χ3n) is 4.53. The van der Waals surface area contributed by atoms with Gasteiger partial charge in [0, 0.05) is 11.5 Å². The Morgan fingerprint density at radius 2 is 2.13 bits per heavy atom. The Morgan fingerprint density at radius 3 is 2.80 bits per heavy atom. The summed E-state index contributed by atoms with van der Waals surface area (Å²) in [5, 5.41) is 20.4. The van der Waals surface area contributed by atoms with Crippen molar-refractivity contribution in [2.75, 3.05) is 11.5 Å². The van der Waals surface area contributed by atoms with Gasteiger partial charge in [-0.1, -0.05) is 35.2 Å². The molecule has 1 aromatic heterocycles. The molecule has 1 aromatic carbocycles. The van der Waals surface area contributed by atoms with Crippen LogP contribution in [0.5, 0.6) is 0 Å². The molecule has 2 atom stereocenters. The fraction of sp³-hybridized carbons (Fsp3) is 0.278. The number of nitrogens with zero attached hydrogens (tertiary/aromatic N) is 3. The number of amides is 2. The van der Waals surface area contributed by atoms with Crippen molar-refractivity contribution >= 4 is 52.6 Å². The Hall–Kier alpha value is -2.44. The highest BCUT2D eigenvalue weighted by atomic mass is 32.2. The Morgan fingerprint density at radius 1 is 1.37 bits per heavy atom. The number of carbonyl (C=O) groups is 3. The lowest BCUT2D eigenvalue weighted by atomic mass is 10.0. The number of carboxylic acid groups (broad SMARTS) is 1. The fourth-order valence-electron chi connectivity index (χ4n) is 3.14. The molecule has 3 heterocycles. The zero-order valence-electron chi connectivity index (χ0n) is 15.5. The van der Waals surface area contributed by atoms with Crippen LogP contribution >= 0.6 is 34.9 Å². The van der Waals surface area contributed by atoms with Crippen LogP contribution < -0.4 is 5.32 Å². The summed E-state index contributed by atoms with van der Waals surface area (Å²) in [6, 6.07) is 4.57. The van der Waals surface area contributed by atoms with Gasteiger partial charge in [0.05, 0.1) is 5.56 Å². The van der Waals surface area contributed by atoms with Crippen LogP contribution in [0.15, 0.2) is 39.9 Å². The molecular weight excluding hydrogens is 451 g/mol. The highest BCUT2D eigenvalue weighted by Gasteiger charge is 2.54. The van der Waals surface area contributed by atoms with E-state index in [-0.39, 0.29) is 11.3 Å². The third kappa shape index (κ3) is 3.82. The van der Waals surface area contributed by atoms with Gasteiger partial charge in [-0.3, -0.25) is 14.5 Å². The summed E-state index contributed by atoms with van der Waals surface area (Å²) >= 11 is 4.15. The first-order valence-corrected chi connectivity index (χ1v) is 11.6. The minimum absolute atomic E-state index is 0.0612. The lowest BCUT2D eigenvalue weighted by molar-refractivity contribution is -0.148. The van der Waals surface area contributed by atoms with E-state index in [0.717, 1.165) is 15.4 Å². The van der Waals surface area contributed by atoms with E-state index >= 15 is 0 Å². The molecule has 0 saturated carbocycles. The lowest BCUT2D eigenvalue weighted by Crippen LogP contribution is -2.70. The number of aryl methyl sites for hydroxylation is 1. The van der Waals surface area contributed by atoms with Crippen LogP contribution in [0.1, 0.15) is 15.4 Å². The van der Waals surface area contributed by atoms with E-state index in [2.05, 4.69) is 15.5 Å². The van der Waals surface area contributed by atoms with Crippen molar-refractivity contribution in [1.29, 1.82) is 0 Å². The maximum Gasteiger partial charge on any atom is 0.352 e. The van der Waals surface area contributed by atoms with Crippen molar-refractivity contribution < 1.29 is 23.9 Å². The molecule has 0 unspecified atom stereocenters. The second-order valence-corrected chi connectivity index (χ2v) is 9.98. The molecule has 2 aromatic rings. The van der Waals surface area contributed by atoms with Crippen LogP contribution in [0.3, 0.4) is 0 Å². The number of halogens is 1. The van der Waals surface area contributed by atoms with Crippen LogP contribution in [0.2, 0.25) is 0 Å². The number of thioether (sulfide) groups is 2. The molecule has 2 N–H and O–H groups in total. The van der Waals surface area contributed by atoms with Gasteiger partial charge in [-0.15, -0.1) is 22.0 Å². The molecule has 4 rings (SSSR count).